The largest absolute Gasteiger partial charge is 0.381 e. The third-order valence-corrected chi connectivity index (χ3v) is 2.97. The molecule has 22 heavy (non-hydrogen) atoms. The van der Waals surface area contributed by atoms with E-state index in [1.54, 1.807) is 0 Å². The van der Waals surface area contributed by atoms with E-state index >= 15 is 0 Å². The van der Waals surface area contributed by atoms with E-state index in [1.165, 1.54) is 0 Å². The molecule has 0 radical (unpaired) electrons. The molecule has 0 spiro atoms. The van der Waals surface area contributed by atoms with Crippen LogP contribution in [0.5, 0.6) is 0 Å². The van der Waals surface area contributed by atoms with Gasteiger partial charge in [0.25, 0.3) is 0 Å². The van der Waals surface area contributed by atoms with Crippen molar-refractivity contribution in [2.24, 2.45) is 5.92 Å². The molecular formula is C17H26N2O3. The number of rotatable bonds is 9. The Morgan fingerprint density at radius 3 is 2.68 bits per heavy atom. The topological polar surface area (TPSA) is 67.4 Å². The summed E-state index contributed by atoms with van der Waals surface area (Å²) in [7, 11) is 0. The summed E-state index contributed by atoms with van der Waals surface area (Å²) in [6.07, 6.45) is 0.858. The lowest BCUT2D eigenvalue weighted by Crippen LogP contribution is -2.24. The molecule has 1 aromatic carbocycles. The lowest BCUT2D eigenvalue weighted by Gasteiger charge is -2.10. The smallest absolute Gasteiger partial charge is 0.224 e. The standard InChI is InChI=1S/C17H26N2O3/c1-4-22-9-8-16(20)18-12-14-6-5-7-15(11-14)19-17(21)10-13(2)3/h5-7,11,13H,4,8-10,12H2,1-3H3,(H,18,20)(H,19,21). The fraction of sp³-hybridized carbons (Fsp3) is 0.529. The summed E-state index contributed by atoms with van der Waals surface area (Å²) in [5, 5.41) is 5.71. The SMILES string of the molecule is CCOCCC(=O)NCc1cccc(NC(=O)CC(C)C)c1. The quantitative estimate of drug-likeness (QED) is 0.689. The minimum Gasteiger partial charge on any atom is -0.381 e. The first-order valence-corrected chi connectivity index (χ1v) is 7.74. The molecule has 1 aromatic rings. The van der Waals surface area contributed by atoms with E-state index in [4.69, 9.17) is 4.74 Å². The van der Waals surface area contributed by atoms with Gasteiger partial charge < -0.3 is 15.4 Å². The van der Waals surface area contributed by atoms with Crippen LogP contribution in [-0.4, -0.2) is 25.0 Å². The molecule has 0 fully saturated rings. The number of nitrogens with one attached hydrogen (secondary N) is 2. The van der Waals surface area contributed by atoms with Crippen LogP contribution in [0.1, 0.15) is 39.2 Å². The number of amides is 2. The fourth-order valence-electron chi connectivity index (χ4n) is 1.94. The lowest BCUT2D eigenvalue weighted by atomic mass is 10.1. The Labute approximate surface area is 132 Å². The van der Waals surface area contributed by atoms with Gasteiger partial charge in [0.2, 0.25) is 11.8 Å². The van der Waals surface area contributed by atoms with Crippen LogP contribution in [0.25, 0.3) is 0 Å². The number of ether oxygens (including phenoxy) is 1. The average molecular weight is 306 g/mol. The number of anilines is 1. The van der Waals surface area contributed by atoms with E-state index in [2.05, 4.69) is 10.6 Å². The third-order valence-electron chi connectivity index (χ3n) is 2.97. The van der Waals surface area contributed by atoms with Crippen molar-refractivity contribution in [2.45, 2.75) is 40.2 Å². The maximum absolute atomic E-state index is 11.8. The van der Waals surface area contributed by atoms with E-state index in [1.807, 2.05) is 45.0 Å². The molecule has 5 heteroatoms. The van der Waals surface area contributed by atoms with Gasteiger partial charge in [-0.3, -0.25) is 9.59 Å². The normalized spacial score (nSPS) is 10.5. The number of carbonyl (C=O) groups is 2. The van der Waals surface area contributed by atoms with Crippen LogP contribution < -0.4 is 10.6 Å². The minimum absolute atomic E-state index is 0.00731. The predicted molar refractivity (Wildman–Crippen MR) is 87.5 cm³/mol. The molecule has 2 amide bonds. The van der Waals surface area contributed by atoms with Crippen molar-refractivity contribution >= 4 is 17.5 Å². The Balaban J connectivity index is 2.43. The highest BCUT2D eigenvalue weighted by Crippen LogP contribution is 2.12. The summed E-state index contributed by atoms with van der Waals surface area (Å²) in [5.74, 6) is 0.295. The van der Waals surface area contributed by atoms with Crippen molar-refractivity contribution in [2.75, 3.05) is 18.5 Å². The molecule has 0 atom stereocenters. The molecule has 0 aliphatic carbocycles. The average Bonchev–Trinajstić information content (AvgIpc) is 2.45. The zero-order chi connectivity index (χ0) is 16.4. The van der Waals surface area contributed by atoms with Gasteiger partial charge in [0.15, 0.2) is 0 Å². The van der Waals surface area contributed by atoms with Crippen LogP contribution in [-0.2, 0) is 20.9 Å². The first-order valence-electron chi connectivity index (χ1n) is 7.74. The Morgan fingerprint density at radius 1 is 1.23 bits per heavy atom. The fourth-order valence-corrected chi connectivity index (χ4v) is 1.94. The lowest BCUT2D eigenvalue weighted by molar-refractivity contribution is -0.122. The number of carbonyl (C=O) groups excluding carboxylic acids is 2. The van der Waals surface area contributed by atoms with Gasteiger partial charge in [0, 0.05) is 31.7 Å². The second-order valence-electron chi connectivity index (χ2n) is 5.57. The first kappa shape index (κ1) is 18.2. The molecule has 0 aromatic heterocycles. The van der Waals surface area contributed by atoms with E-state index < -0.39 is 0 Å². The molecule has 122 valence electrons. The minimum atomic E-state index is -0.0392. The highest BCUT2D eigenvalue weighted by Gasteiger charge is 2.06. The summed E-state index contributed by atoms with van der Waals surface area (Å²) in [5.41, 5.74) is 1.71. The third kappa shape index (κ3) is 7.78. The molecule has 0 unspecified atom stereocenters. The zero-order valence-electron chi connectivity index (χ0n) is 13.6. The van der Waals surface area contributed by atoms with Gasteiger partial charge in [0.1, 0.15) is 0 Å². The van der Waals surface area contributed by atoms with E-state index in [0.717, 1.165) is 11.3 Å². The maximum atomic E-state index is 11.8. The molecule has 2 N–H and O–H groups in total. The Hall–Kier alpha value is -1.88. The molecule has 0 heterocycles. The van der Waals surface area contributed by atoms with Crippen molar-refractivity contribution in [3.63, 3.8) is 0 Å². The van der Waals surface area contributed by atoms with Crippen molar-refractivity contribution in [3.8, 4) is 0 Å². The van der Waals surface area contributed by atoms with Gasteiger partial charge in [-0.2, -0.15) is 0 Å². The van der Waals surface area contributed by atoms with Crippen molar-refractivity contribution in [1.82, 2.24) is 5.32 Å². The highest BCUT2D eigenvalue weighted by atomic mass is 16.5. The van der Waals surface area contributed by atoms with Gasteiger partial charge in [-0.05, 0) is 30.5 Å². The molecule has 0 bridgehead atoms. The Kier molecular flexibility index (Phi) is 8.22. The van der Waals surface area contributed by atoms with E-state index in [-0.39, 0.29) is 11.8 Å². The van der Waals surface area contributed by atoms with Gasteiger partial charge in [-0.1, -0.05) is 26.0 Å². The molecular weight excluding hydrogens is 280 g/mol. The Bertz CT molecular complexity index is 487. The van der Waals surface area contributed by atoms with Crippen LogP contribution >= 0.6 is 0 Å². The molecule has 0 aliphatic heterocycles. The summed E-state index contributed by atoms with van der Waals surface area (Å²) < 4.78 is 5.14. The molecule has 1 rings (SSSR count). The molecule has 0 aliphatic rings. The van der Waals surface area contributed by atoms with Crippen LogP contribution in [0.15, 0.2) is 24.3 Å². The van der Waals surface area contributed by atoms with Crippen molar-refractivity contribution in [1.29, 1.82) is 0 Å². The van der Waals surface area contributed by atoms with Gasteiger partial charge in [0.05, 0.1) is 6.61 Å². The monoisotopic (exact) mass is 306 g/mol. The number of hydrogen-bond acceptors (Lipinski definition) is 3. The zero-order valence-corrected chi connectivity index (χ0v) is 13.6. The van der Waals surface area contributed by atoms with Gasteiger partial charge in [-0.15, -0.1) is 0 Å². The number of hydrogen-bond donors (Lipinski definition) is 2. The van der Waals surface area contributed by atoms with Crippen LogP contribution in [0.3, 0.4) is 0 Å². The summed E-state index contributed by atoms with van der Waals surface area (Å²) in [6.45, 7) is 7.41. The Morgan fingerprint density at radius 2 is 2.00 bits per heavy atom. The van der Waals surface area contributed by atoms with Gasteiger partial charge in [-0.25, -0.2) is 0 Å². The van der Waals surface area contributed by atoms with E-state index in [0.29, 0.717) is 38.5 Å². The van der Waals surface area contributed by atoms with Crippen LogP contribution in [0, 0.1) is 5.92 Å². The second-order valence-corrected chi connectivity index (χ2v) is 5.57. The summed E-state index contributed by atoms with van der Waals surface area (Å²) in [6, 6.07) is 7.51. The number of benzene rings is 1. The summed E-state index contributed by atoms with van der Waals surface area (Å²) in [4.78, 5) is 23.4. The second kappa shape index (κ2) is 9.95. The van der Waals surface area contributed by atoms with Crippen molar-refractivity contribution < 1.29 is 14.3 Å². The van der Waals surface area contributed by atoms with Crippen molar-refractivity contribution in [3.05, 3.63) is 29.8 Å². The van der Waals surface area contributed by atoms with Gasteiger partial charge >= 0.3 is 0 Å². The molecule has 5 nitrogen and oxygen atoms in total. The predicted octanol–water partition coefficient (Wildman–Crippen LogP) is 2.71. The highest BCUT2D eigenvalue weighted by molar-refractivity contribution is 5.90. The summed E-state index contributed by atoms with van der Waals surface area (Å²) >= 11 is 0. The molecule has 0 saturated carbocycles. The first-order chi connectivity index (χ1) is 10.5. The van der Waals surface area contributed by atoms with E-state index in [9.17, 15) is 9.59 Å². The van der Waals surface area contributed by atoms with Crippen LogP contribution in [0.4, 0.5) is 5.69 Å². The van der Waals surface area contributed by atoms with Crippen LogP contribution in [0.2, 0.25) is 0 Å². The molecule has 0 saturated heterocycles. The maximum Gasteiger partial charge on any atom is 0.224 e.